The lowest BCUT2D eigenvalue weighted by Crippen LogP contribution is -1.92. The van der Waals surface area contributed by atoms with E-state index in [1.54, 1.807) is 12.1 Å². The Hall–Kier alpha value is -1.97. The second kappa shape index (κ2) is 3.06. The lowest BCUT2D eigenvalue weighted by atomic mass is 10.1. The Morgan fingerprint density at radius 1 is 1.36 bits per heavy atom. The molecule has 14 heavy (non-hydrogen) atoms. The van der Waals surface area contributed by atoms with Gasteiger partial charge < -0.3 is 10.1 Å². The molecule has 2 rings (SSSR count). The summed E-state index contributed by atoms with van der Waals surface area (Å²) in [5, 5.41) is 12.1. The summed E-state index contributed by atoms with van der Waals surface area (Å²) >= 11 is 0. The average molecular weight is 188 g/mol. The number of benzene rings is 1. The molecule has 0 saturated carbocycles. The van der Waals surface area contributed by atoms with E-state index in [0.717, 1.165) is 10.9 Å². The van der Waals surface area contributed by atoms with E-state index in [-0.39, 0.29) is 5.82 Å². The molecule has 2 aromatic rings. The molecule has 1 aromatic carbocycles. The van der Waals surface area contributed by atoms with Crippen LogP contribution >= 0.6 is 0 Å². The zero-order valence-corrected chi connectivity index (χ0v) is 7.60. The second-order valence-corrected chi connectivity index (χ2v) is 3.12. The summed E-state index contributed by atoms with van der Waals surface area (Å²) in [6, 6.07) is 7.26. The van der Waals surface area contributed by atoms with Crippen LogP contribution in [0, 0.1) is 17.0 Å². The van der Waals surface area contributed by atoms with Crippen molar-refractivity contribution in [2.24, 2.45) is 0 Å². The maximum absolute atomic E-state index is 10.6. The number of nitrogens with zero attached hydrogens (tertiary/aromatic N) is 2. The van der Waals surface area contributed by atoms with E-state index < -0.39 is 4.92 Å². The van der Waals surface area contributed by atoms with Gasteiger partial charge in [0.15, 0.2) is 0 Å². The summed E-state index contributed by atoms with van der Waals surface area (Å²) in [6.07, 6.45) is 1.46. The molecule has 1 aromatic heterocycles. The van der Waals surface area contributed by atoms with Gasteiger partial charge in [-0.05, 0) is 34.3 Å². The third-order valence-corrected chi connectivity index (χ3v) is 2.07. The van der Waals surface area contributed by atoms with Crippen molar-refractivity contribution in [2.45, 2.75) is 6.92 Å². The fourth-order valence-corrected chi connectivity index (χ4v) is 1.43. The number of hydrogen-bond acceptors (Lipinski definition) is 3. The van der Waals surface area contributed by atoms with Crippen LogP contribution in [0.5, 0.6) is 0 Å². The number of fused-ring (bicyclic) bond motifs is 1. The first-order chi connectivity index (χ1) is 6.68. The molecule has 0 spiro atoms. The van der Waals surface area contributed by atoms with Gasteiger partial charge >= 0.3 is 5.82 Å². The molecule has 0 fully saturated rings. The summed E-state index contributed by atoms with van der Waals surface area (Å²) in [4.78, 5) is 13.9. The van der Waals surface area contributed by atoms with Crippen molar-refractivity contribution < 1.29 is 4.92 Å². The molecule has 0 aliphatic carbocycles. The van der Waals surface area contributed by atoms with Crippen molar-refractivity contribution in [2.75, 3.05) is 0 Å². The fraction of sp³-hybridized carbons (Fsp3) is 0.100. The number of aryl methyl sites for hydroxylation is 1. The molecule has 4 heteroatoms. The first-order valence-electron chi connectivity index (χ1n) is 4.18. The van der Waals surface area contributed by atoms with Gasteiger partial charge in [-0.15, -0.1) is 0 Å². The molecule has 0 atom stereocenters. The van der Waals surface area contributed by atoms with Gasteiger partial charge in [0.2, 0.25) is 0 Å². The Kier molecular flexibility index (Phi) is 1.89. The van der Waals surface area contributed by atoms with Crippen LogP contribution in [0.4, 0.5) is 5.82 Å². The molecule has 4 nitrogen and oxygen atoms in total. The molecule has 0 amide bonds. The number of hydrogen-bond donors (Lipinski definition) is 0. The van der Waals surface area contributed by atoms with E-state index in [2.05, 4.69) is 4.98 Å². The Morgan fingerprint density at radius 3 is 2.86 bits per heavy atom. The minimum Gasteiger partial charge on any atom is -0.358 e. The van der Waals surface area contributed by atoms with Gasteiger partial charge in [0.1, 0.15) is 6.20 Å². The molecule has 1 heterocycles. The van der Waals surface area contributed by atoms with Crippen LogP contribution in [-0.2, 0) is 0 Å². The lowest BCUT2D eigenvalue weighted by Gasteiger charge is -1.99. The van der Waals surface area contributed by atoms with E-state index >= 15 is 0 Å². The molecule has 0 bridgehead atoms. The van der Waals surface area contributed by atoms with Crippen molar-refractivity contribution in [1.29, 1.82) is 0 Å². The molecule has 0 saturated heterocycles. The van der Waals surface area contributed by atoms with Gasteiger partial charge in [-0.1, -0.05) is 17.7 Å². The minimum atomic E-state index is -0.461. The molecule has 70 valence electrons. The Labute approximate surface area is 80.4 Å². The van der Waals surface area contributed by atoms with Crippen molar-refractivity contribution in [1.82, 2.24) is 4.98 Å². The smallest absolute Gasteiger partial charge is 0.358 e. The van der Waals surface area contributed by atoms with Crippen LogP contribution in [0.2, 0.25) is 0 Å². The SMILES string of the molecule is Cc1ccc2c([N+](=O)[O-])nccc2c1. The molecule has 0 unspecified atom stereocenters. The molecule has 0 aliphatic rings. The molecule has 0 radical (unpaired) electrons. The number of pyridine rings is 1. The first kappa shape index (κ1) is 8.62. The maximum Gasteiger partial charge on any atom is 0.371 e. The quantitative estimate of drug-likeness (QED) is 0.510. The lowest BCUT2D eigenvalue weighted by molar-refractivity contribution is -0.387. The van der Waals surface area contributed by atoms with Gasteiger partial charge in [-0.25, -0.2) is 0 Å². The average Bonchev–Trinajstić information content (AvgIpc) is 2.16. The van der Waals surface area contributed by atoms with Gasteiger partial charge in [-0.2, -0.15) is 0 Å². The Balaban J connectivity index is 2.81. The summed E-state index contributed by atoms with van der Waals surface area (Å²) in [6.45, 7) is 1.95. The third-order valence-electron chi connectivity index (χ3n) is 2.07. The number of aromatic nitrogens is 1. The maximum atomic E-state index is 10.6. The predicted octanol–water partition coefficient (Wildman–Crippen LogP) is 2.45. The van der Waals surface area contributed by atoms with E-state index in [0.29, 0.717) is 5.39 Å². The topological polar surface area (TPSA) is 56.0 Å². The Bertz CT molecular complexity index is 508. The zero-order valence-electron chi connectivity index (χ0n) is 7.60. The van der Waals surface area contributed by atoms with Crippen LogP contribution in [-0.4, -0.2) is 9.91 Å². The van der Waals surface area contributed by atoms with E-state index in [1.165, 1.54) is 6.20 Å². The van der Waals surface area contributed by atoms with Gasteiger partial charge in [0.25, 0.3) is 0 Å². The minimum absolute atomic E-state index is 0.0810. The van der Waals surface area contributed by atoms with Gasteiger partial charge in [-0.3, -0.25) is 0 Å². The van der Waals surface area contributed by atoms with Crippen molar-refractivity contribution in [3.63, 3.8) is 0 Å². The molecule has 0 N–H and O–H groups in total. The van der Waals surface area contributed by atoms with E-state index in [1.807, 2.05) is 19.1 Å². The highest BCUT2D eigenvalue weighted by Crippen LogP contribution is 2.23. The highest BCUT2D eigenvalue weighted by Gasteiger charge is 2.11. The van der Waals surface area contributed by atoms with Gasteiger partial charge in [0, 0.05) is 0 Å². The standard InChI is InChI=1S/C10H8N2O2/c1-7-2-3-9-8(6-7)4-5-11-10(9)12(13)14/h2-6H,1H3. The number of nitro groups is 1. The summed E-state index contributed by atoms with van der Waals surface area (Å²) in [5.74, 6) is -0.0810. The van der Waals surface area contributed by atoms with Crippen LogP contribution in [0.1, 0.15) is 5.56 Å². The van der Waals surface area contributed by atoms with Crippen LogP contribution < -0.4 is 0 Å². The largest absolute Gasteiger partial charge is 0.371 e. The van der Waals surface area contributed by atoms with E-state index in [4.69, 9.17) is 0 Å². The van der Waals surface area contributed by atoms with Crippen molar-refractivity contribution >= 4 is 16.6 Å². The highest BCUT2D eigenvalue weighted by atomic mass is 16.6. The van der Waals surface area contributed by atoms with Crippen LogP contribution in [0.25, 0.3) is 10.8 Å². The third kappa shape index (κ3) is 1.31. The monoisotopic (exact) mass is 188 g/mol. The Morgan fingerprint density at radius 2 is 2.14 bits per heavy atom. The van der Waals surface area contributed by atoms with Crippen LogP contribution in [0.3, 0.4) is 0 Å². The summed E-state index contributed by atoms with van der Waals surface area (Å²) < 4.78 is 0. The zero-order chi connectivity index (χ0) is 10.1. The van der Waals surface area contributed by atoms with Crippen molar-refractivity contribution in [3.05, 3.63) is 46.1 Å². The summed E-state index contributed by atoms with van der Waals surface area (Å²) in [5.41, 5.74) is 1.08. The second-order valence-electron chi connectivity index (χ2n) is 3.12. The van der Waals surface area contributed by atoms with Crippen molar-refractivity contribution in [3.8, 4) is 0 Å². The summed E-state index contributed by atoms with van der Waals surface area (Å²) in [7, 11) is 0. The molecular weight excluding hydrogens is 180 g/mol. The first-order valence-corrected chi connectivity index (χ1v) is 4.18. The fourth-order valence-electron chi connectivity index (χ4n) is 1.43. The highest BCUT2D eigenvalue weighted by molar-refractivity contribution is 5.89. The normalized spacial score (nSPS) is 10.4. The van der Waals surface area contributed by atoms with Gasteiger partial charge in [0.05, 0.1) is 5.39 Å². The van der Waals surface area contributed by atoms with E-state index in [9.17, 15) is 10.1 Å². The molecular formula is C10H8N2O2. The van der Waals surface area contributed by atoms with Crippen LogP contribution in [0.15, 0.2) is 30.5 Å². The molecule has 0 aliphatic heterocycles. The number of rotatable bonds is 1. The predicted molar refractivity (Wildman–Crippen MR) is 53.1 cm³/mol.